The summed E-state index contributed by atoms with van der Waals surface area (Å²) < 4.78 is 16.7. The van der Waals surface area contributed by atoms with Gasteiger partial charge in [0.05, 0.1) is 24.5 Å². The first-order chi connectivity index (χ1) is 11.0. The van der Waals surface area contributed by atoms with Crippen LogP contribution >= 0.6 is 11.6 Å². The fraction of sp³-hybridized carbons (Fsp3) is 0.267. The average molecular weight is 335 g/mol. The molecule has 8 heteroatoms. The molecule has 0 bridgehead atoms. The molecule has 1 unspecified atom stereocenters. The maximum absolute atomic E-state index is 13.3. The number of benzene rings is 1. The van der Waals surface area contributed by atoms with Crippen LogP contribution in [0.5, 0.6) is 0 Å². The Morgan fingerprint density at radius 1 is 1.35 bits per heavy atom. The lowest BCUT2D eigenvalue weighted by atomic mass is 10.2. The molecule has 1 N–H and O–H groups in total. The Bertz CT molecular complexity index is 812. The van der Waals surface area contributed by atoms with Crippen LogP contribution in [0.1, 0.15) is 24.4 Å². The first kappa shape index (κ1) is 15.5. The second kappa shape index (κ2) is 6.37. The highest BCUT2D eigenvalue weighted by molar-refractivity contribution is 6.31. The van der Waals surface area contributed by atoms with Gasteiger partial charge in [-0.25, -0.2) is 9.37 Å². The molecular weight excluding hydrogens is 319 g/mol. The van der Waals surface area contributed by atoms with Crippen molar-refractivity contribution in [1.82, 2.24) is 24.5 Å². The van der Waals surface area contributed by atoms with Crippen LogP contribution in [0.25, 0.3) is 0 Å². The Morgan fingerprint density at radius 3 is 2.91 bits per heavy atom. The molecule has 23 heavy (non-hydrogen) atoms. The van der Waals surface area contributed by atoms with Crippen molar-refractivity contribution >= 4 is 17.3 Å². The molecular formula is C15H16ClFN6. The topological polar surface area (TPSA) is 60.6 Å². The minimum absolute atomic E-state index is 0.0158. The van der Waals surface area contributed by atoms with Crippen LogP contribution in [0, 0.1) is 5.82 Å². The molecule has 0 aliphatic carbocycles. The molecule has 3 aromatic rings. The van der Waals surface area contributed by atoms with Crippen LogP contribution < -0.4 is 5.32 Å². The van der Waals surface area contributed by atoms with Gasteiger partial charge in [-0.15, -0.1) is 0 Å². The molecule has 0 amide bonds. The fourth-order valence-electron chi connectivity index (χ4n) is 2.38. The van der Waals surface area contributed by atoms with Crippen molar-refractivity contribution in [2.75, 3.05) is 5.32 Å². The van der Waals surface area contributed by atoms with Gasteiger partial charge >= 0.3 is 0 Å². The second-order valence-corrected chi connectivity index (χ2v) is 5.68. The molecule has 120 valence electrons. The molecule has 0 aliphatic heterocycles. The number of halogens is 2. The SMILES string of the molecule is CC(Nc1cnn(Cc2cc(F)ccc2Cl)c1)c1ncnn1C. The summed E-state index contributed by atoms with van der Waals surface area (Å²) in [7, 11) is 1.84. The maximum atomic E-state index is 13.3. The predicted octanol–water partition coefficient (Wildman–Crippen LogP) is 3.03. The minimum atomic E-state index is -0.314. The van der Waals surface area contributed by atoms with E-state index >= 15 is 0 Å². The lowest BCUT2D eigenvalue weighted by Gasteiger charge is -2.12. The molecule has 0 saturated heterocycles. The normalized spacial score (nSPS) is 12.3. The van der Waals surface area contributed by atoms with Crippen LogP contribution in [-0.4, -0.2) is 24.5 Å². The van der Waals surface area contributed by atoms with Crippen molar-refractivity contribution in [3.63, 3.8) is 0 Å². The molecule has 0 saturated carbocycles. The third kappa shape index (κ3) is 3.50. The van der Waals surface area contributed by atoms with Crippen LogP contribution in [0.15, 0.2) is 36.9 Å². The van der Waals surface area contributed by atoms with Crippen LogP contribution in [-0.2, 0) is 13.6 Å². The number of rotatable bonds is 5. The van der Waals surface area contributed by atoms with E-state index in [-0.39, 0.29) is 11.9 Å². The predicted molar refractivity (Wildman–Crippen MR) is 85.8 cm³/mol. The molecule has 1 atom stereocenters. The van der Waals surface area contributed by atoms with Crippen LogP contribution in [0.4, 0.5) is 10.1 Å². The molecule has 2 heterocycles. The van der Waals surface area contributed by atoms with Crippen LogP contribution in [0.2, 0.25) is 5.02 Å². The highest BCUT2D eigenvalue weighted by Gasteiger charge is 2.12. The van der Waals surface area contributed by atoms with Gasteiger partial charge in [-0.3, -0.25) is 9.36 Å². The number of nitrogens with zero attached hydrogens (tertiary/aromatic N) is 5. The summed E-state index contributed by atoms with van der Waals surface area (Å²) in [6, 6.07) is 4.28. The first-order valence-electron chi connectivity index (χ1n) is 7.10. The molecule has 0 spiro atoms. The van der Waals surface area contributed by atoms with E-state index in [0.29, 0.717) is 17.1 Å². The zero-order valence-electron chi connectivity index (χ0n) is 12.7. The number of hydrogen-bond donors (Lipinski definition) is 1. The van der Waals surface area contributed by atoms with Gasteiger partial charge in [0.15, 0.2) is 0 Å². The van der Waals surface area contributed by atoms with Gasteiger partial charge in [-0.05, 0) is 30.7 Å². The molecule has 3 rings (SSSR count). The first-order valence-corrected chi connectivity index (χ1v) is 7.47. The van der Waals surface area contributed by atoms with Crippen molar-refractivity contribution < 1.29 is 4.39 Å². The summed E-state index contributed by atoms with van der Waals surface area (Å²) in [6.07, 6.45) is 5.07. The lowest BCUT2D eigenvalue weighted by Crippen LogP contribution is -2.12. The van der Waals surface area contributed by atoms with Gasteiger partial charge in [0, 0.05) is 18.3 Å². The zero-order valence-corrected chi connectivity index (χ0v) is 13.5. The minimum Gasteiger partial charge on any atom is -0.373 e. The van der Waals surface area contributed by atoms with Gasteiger partial charge in [0.1, 0.15) is 18.0 Å². The highest BCUT2D eigenvalue weighted by Crippen LogP contribution is 2.20. The third-order valence-corrected chi connectivity index (χ3v) is 3.86. The number of aromatic nitrogens is 5. The second-order valence-electron chi connectivity index (χ2n) is 5.27. The van der Waals surface area contributed by atoms with Gasteiger partial charge in [-0.1, -0.05) is 11.6 Å². The standard InChI is InChI=1S/C15H16ClFN6/c1-10(15-18-9-20-22(15)2)21-13-6-19-23(8-13)7-11-5-12(17)3-4-14(11)16/h3-6,8-10,21H,7H2,1-2H3. The van der Waals surface area contributed by atoms with E-state index in [1.54, 1.807) is 21.6 Å². The van der Waals surface area contributed by atoms with Gasteiger partial charge in [0.2, 0.25) is 0 Å². The molecule has 2 aromatic heterocycles. The van der Waals surface area contributed by atoms with E-state index in [1.807, 2.05) is 20.2 Å². The summed E-state index contributed by atoms with van der Waals surface area (Å²) in [6.45, 7) is 2.39. The van der Waals surface area contributed by atoms with Crippen molar-refractivity contribution in [1.29, 1.82) is 0 Å². The summed E-state index contributed by atoms with van der Waals surface area (Å²) in [5.41, 5.74) is 1.52. The van der Waals surface area contributed by atoms with Crippen LogP contribution in [0.3, 0.4) is 0 Å². The highest BCUT2D eigenvalue weighted by atomic mass is 35.5. The molecule has 0 aliphatic rings. The quantitative estimate of drug-likeness (QED) is 0.779. The number of nitrogens with one attached hydrogen (secondary N) is 1. The molecule has 0 radical (unpaired) electrons. The largest absolute Gasteiger partial charge is 0.373 e. The van der Waals surface area contributed by atoms with Gasteiger partial charge in [0.25, 0.3) is 0 Å². The van der Waals surface area contributed by atoms with Crippen molar-refractivity contribution in [3.8, 4) is 0 Å². The molecule has 6 nitrogen and oxygen atoms in total. The Hall–Kier alpha value is -2.41. The summed E-state index contributed by atoms with van der Waals surface area (Å²) in [5.74, 6) is 0.511. The van der Waals surface area contributed by atoms with Crippen molar-refractivity contribution in [2.45, 2.75) is 19.5 Å². The summed E-state index contributed by atoms with van der Waals surface area (Å²) in [5, 5.41) is 12.1. The van der Waals surface area contributed by atoms with E-state index in [4.69, 9.17) is 11.6 Å². The number of aryl methyl sites for hydroxylation is 1. The van der Waals surface area contributed by atoms with E-state index in [2.05, 4.69) is 20.5 Å². The zero-order chi connectivity index (χ0) is 16.4. The molecule has 1 aromatic carbocycles. The van der Waals surface area contributed by atoms with E-state index in [0.717, 1.165) is 11.5 Å². The van der Waals surface area contributed by atoms with E-state index < -0.39 is 0 Å². The third-order valence-electron chi connectivity index (χ3n) is 3.49. The lowest BCUT2D eigenvalue weighted by molar-refractivity contribution is 0.619. The number of anilines is 1. The Labute approximate surface area is 137 Å². The van der Waals surface area contributed by atoms with E-state index in [9.17, 15) is 4.39 Å². The van der Waals surface area contributed by atoms with E-state index in [1.165, 1.54) is 18.5 Å². The average Bonchev–Trinajstić information content (AvgIpc) is 3.12. The van der Waals surface area contributed by atoms with Crippen molar-refractivity contribution in [2.24, 2.45) is 7.05 Å². The maximum Gasteiger partial charge on any atom is 0.148 e. The Morgan fingerprint density at radius 2 is 2.17 bits per heavy atom. The van der Waals surface area contributed by atoms with Gasteiger partial charge < -0.3 is 5.32 Å². The monoisotopic (exact) mass is 334 g/mol. The Kier molecular flexibility index (Phi) is 4.29. The summed E-state index contributed by atoms with van der Waals surface area (Å²) in [4.78, 5) is 4.21. The molecule has 0 fully saturated rings. The Balaban J connectivity index is 1.71. The van der Waals surface area contributed by atoms with Crippen molar-refractivity contribution in [3.05, 3.63) is 59.1 Å². The van der Waals surface area contributed by atoms with Gasteiger partial charge in [-0.2, -0.15) is 10.2 Å². The summed E-state index contributed by atoms with van der Waals surface area (Å²) >= 11 is 6.08. The number of hydrogen-bond acceptors (Lipinski definition) is 4. The fourth-order valence-corrected chi connectivity index (χ4v) is 2.55. The smallest absolute Gasteiger partial charge is 0.148 e.